The van der Waals surface area contributed by atoms with Crippen LogP contribution in [-0.2, 0) is 14.6 Å². The summed E-state index contributed by atoms with van der Waals surface area (Å²) in [7, 11) is -2.27. The van der Waals surface area contributed by atoms with E-state index in [9.17, 15) is 13.2 Å². The van der Waals surface area contributed by atoms with Gasteiger partial charge in [-0.25, -0.2) is 8.42 Å². The van der Waals surface area contributed by atoms with Gasteiger partial charge in [-0.1, -0.05) is 12.1 Å². The van der Waals surface area contributed by atoms with Crippen LogP contribution in [0.4, 0.5) is 0 Å². The number of sulfone groups is 1. The number of hydrogen-bond donors (Lipinski definition) is 0. The molecule has 0 spiro atoms. The second-order valence-electron chi connectivity index (χ2n) is 3.06. The Morgan fingerprint density at radius 2 is 1.87 bits per heavy atom. The first kappa shape index (κ1) is 9.92. The van der Waals surface area contributed by atoms with Gasteiger partial charge in [0, 0.05) is 5.56 Å². The third kappa shape index (κ3) is 1.45. The van der Waals surface area contributed by atoms with Crippen molar-refractivity contribution in [2.45, 2.75) is 4.90 Å². The molecule has 0 aromatic heterocycles. The minimum absolute atomic E-state index is 0.0378. The quantitative estimate of drug-likeness (QED) is 0.717. The number of ketones is 1. The van der Waals surface area contributed by atoms with E-state index in [1.54, 1.807) is 12.1 Å². The van der Waals surface area contributed by atoms with E-state index < -0.39 is 15.6 Å². The molecule has 1 aliphatic rings. The molecule has 0 amide bonds. The lowest BCUT2D eigenvalue weighted by Gasteiger charge is -2.14. The maximum absolute atomic E-state index is 11.7. The molecule has 0 fully saturated rings. The van der Waals surface area contributed by atoms with Crippen molar-refractivity contribution in [3.8, 4) is 0 Å². The SMILES string of the molecule is COC1=CS(=O)(=O)c2ccccc2C1=O. The average molecular weight is 224 g/mol. The van der Waals surface area contributed by atoms with Gasteiger partial charge >= 0.3 is 0 Å². The summed E-state index contributed by atoms with van der Waals surface area (Å²) in [5.41, 5.74) is 0.164. The van der Waals surface area contributed by atoms with Gasteiger partial charge < -0.3 is 4.74 Å². The lowest BCUT2D eigenvalue weighted by Crippen LogP contribution is -2.17. The molecule has 4 nitrogen and oxygen atoms in total. The van der Waals surface area contributed by atoms with E-state index in [1.807, 2.05) is 0 Å². The number of rotatable bonds is 1. The van der Waals surface area contributed by atoms with Crippen molar-refractivity contribution in [2.24, 2.45) is 0 Å². The molecule has 0 aliphatic carbocycles. The van der Waals surface area contributed by atoms with Gasteiger partial charge in [0.15, 0.2) is 5.76 Å². The van der Waals surface area contributed by atoms with Gasteiger partial charge in [-0.05, 0) is 12.1 Å². The molecule has 0 N–H and O–H groups in total. The van der Waals surface area contributed by atoms with Gasteiger partial charge in [0.1, 0.15) is 0 Å². The standard InChI is InChI=1S/C10H8O4S/c1-14-8-6-15(12,13)9-5-3-2-4-7(9)10(8)11/h2-6H,1H3. The number of carbonyl (C=O) groups excluding carboxylic acids is 1. The van der Waals surface area contributed by atoms with Crippen molar-refractivity contribution in [1.29, 1.82) is 0 Å². The number of benzene rings is 1. The van der Waals surface area contributed by atoms with Crippen LogP contribution in [0.1, 0.15) is 10.4 Å². The van der Waals surface area contributed by atoms with Crippen LogP contribution in [0.25, 0.3) is 0 Å². The summed E-state index contributed by atoms with van der Waals surface area (Å²) < 4.78 is 28.1. The molecule has 0 radical (unpaired) electrons. The molecular weight excluding hydrogens is 216 g/mol. The summed E-state index contributed by atoms with van der Waals surface area (Å²) in [6, 6.07) is 6.08. The third-order valence-electron chi connectivity index (χ3n) is 2.14. The van der Waals surface area contributed by atoms with Crippen molar-refractivity contribution in [2.75, 3.05) is 7.11 Å². The normalized spacial score (nSPS) is 17.9. The summed E-state index contributed by atoms with van der Waals surface area (Å²) in [5, 5.41) is 0.859. The minimum atomic E-state index is -3.54. The van der Waals surface area contributed by atoms with Crippen LogP contribution < -0.4 is 0 Å². The van der Waals surface area contributed by atoms with E-state index in [2.05, 4.69) is 0 Å². The number of carbonyl (C=O) groups is 1. The van der Waals surface area contributed by atoms with Crippen LogP contribution in [0.15, 0.2) is 40.3 Å². The van der Waals surface area contributed by atoms with Crippen molar-refractivity contribution in [1.82, 2.24) is 0 Å². The van der Waals surface area contributed by atoms with Gasteiger partial charge in [0.25, 0.3) is 0 Å². The molecule has 1 heterocycles. The molecule has 0 bridgehead atoms. The van der Waals surface area contributed by atoms with Crippen LogP contribution in [-0.4, -0.2) is 21.3 Å². The highest BCUT2D eigenvalue weighted by atomic mass is 32.2. The maximum Gasteiger partial charge on any atom is 0.229 e. The number of allylic oxidation sites excluding steroid dienone is 1. The molecule has 5 heteroatoms. The third-order valence-corrected chi connectivity index (χ3v) is 3.64. The van der Waals surface area contributed by atoms with E-state index >= 15 is 0 Å². The van der Waals surface area contributed by atoms with Gasteiger partial charge in [0.05, 0.1) is 17.4 Å². The van der Waals surface area contributed by atoms with Crippen LogP contribution >= 0.6 is 0 Å². The summed E-state index contributed by atoms with van der Waals surface area (Å²) in [6.45, 7) is 0. The van der Waals surface area contributed by atoms with Gasteiger partial charge in [0.2, 0.25) is 15.6 Å². The van der Waals surface area contributed by atoms with Crippen molar-refractivity contribution in [3.63, 3.8) is 0 Å². The van der Waals surface area contributed by atoms with Crippen molar-refractivity contribution < 1.29 is 17.9 Å². The van der Waals surface area contributed by atoms with E-state index in [-0.39, 0.29) is 16.2 Å². The molecule has 1 aromatic rings. The minimum Gasteiger partial charge on any atom is -0.492 e. The molecule has 15 heavy (non-hydrogen) atoms. The lowest BCUT2D eigenvalue weighted by atomic mass is 10.1. The maximum atomic E-state index is 11.7. The van der Waals surface area contributed by atoms with Crippen molar-refractivity contribution >= 4 is 15.6 Å². The van der Waals surface area contributed by atoms with Crippen LogP contribution in [0, 0.1) is 0 Å². The molecule has 0 unspecified atom stereocenters. The number of hydrogen-bond acceptors (Lipinski definition) is 4. The van der Waals surface area contributed by atoms with E-state index in [4.69, 9.17) is 4.74 Å². The van der Waals surface area contributed by atoms with E-state index in [0.29, 0.717) is 0 Å². The monoisotopic (exact) mass is 224 g/mol. The number of methoxy groups -OCH3 is 1. The van der Waals surface area contributed by atoms with Gasteiger partial charge in [-0.3, -0.25) is 4.79 Å². The average Bonchev–Trinajstić information content (AvgIpc) is 2.24. The first-order valence-electron chi connectivity index (χ1n) is 4.21. The highest BCUT2D eigenvalue weighted by molar-refractivity contribution is 7.94. The number of fused-ring (bicyclic) bond motifs is 1. The zero-order chi connectivity index (χ0) is 11.1. The zero-order valence-corrected chi connectivity index (χ0v) is 8.74. The summed E-state index contributed by atoms with van der Waals surface area (Å²) in [6.07, 6.45) is 0. The molecule has 1 aromatic carbocycles. The largest absolute Gasteiger partial charge is 0.492 e. The molecule has 0 saturated heterocycles. The lowest BCUT2D eigenvalue weighted by molar-refractivity contribution is 0.0949. The topological polar surface area (TPSA) is 60.4 Å². The fraction of sp³-hybridized carbons (Fsp3) is 0.100. The molecule has 0 saturated carbocycles. The Kier molecular flexibility index (Phi) is 2.12. The predicted octanol–water partition coefficient (Wildman–Crippen LogP) is 1.14. The highest BCUT2D eigenvalue weighted by Crippen LogP contribution is 2.26. The second kappa shape index (κ2) is 3.20. The van der Waals surface area contributed by atoms with Crippen LogP contribution in [0.3, 0.4) is 0 Å². The summed E-state index contributed by atoms with van der Waals surface area (Å²) in [5.74, 6) is -0.545. The summed E-state index contributed by atoms with van der Waals surface area (Å²) in [4.78, 5) is 11.7. The highest BCUT2D eigenvalue weighted by Gasteiger charge is 2.30. The first-order chi connectivity index (χ1) is 7.06. The molecular formula is C10H8O4S. The van der Waals surface area contributed by atoms with Crippen molar-refractivity contribution in [3.05, 3.63) is 41.0 Å². The Morgan fingerprint density at radius 1 is 1.20 bits per heavy atom. The molecule has 2 rings (SSSR count). The molecule has 78 valence electrons. The Morgan fingerprint density at radius 3 is 2.53 bits per heavy atom. The van der Waals surface area contributed by atoms with E-state index in [0.717, 1.165) is 5.41 Å². The Bertz CT molecular complexity index is 555. The van der Waals surface area contributed by atoms with E-state index in [1.165, 1.54) is 19.2 Å². The fourth-order valence-electron chi connectivity index (χ4n) is 1.43. The van der Waals surface area contributed by atoms with Gasteiger partial charge in [-0.2, -0.15) is 0 Å². The molecule has 0 atom stereocenters. The van der Waals surface area contributed by atoms with Crippen LogP contribution in [0.2, 0.25) is 0 Å². The predicted molar refractivity (Wildman–Crippen MR) is 53.1 cm³/mol. The Balaban J connectivity index is 2.76. The Hall–Kier alpha value is -1.62. The van der Waals surface area contributed by atoms with Crippen LogP contribution in [0.5, 0.6) is 0 Å². The molecule has 1 aliphatic heterocycles. The fourth-order valence-corrected chi connectivity index (χ4v) is 2.78. The zero-order valence-electron chi connectivity index (χ0n) is 7.93. The Labute approximate surface area is 87.1 Å². The number of ether oxygens (including phenoxy) is 1. The second-order valence-corrected chi connectivity index (χ2v) is 4.82. The van der Waals surface area contributed by atoms with Gasteiger partial charge in [-0.15, -0.1) is 0 Å². The number of Topliss-reactive ketones (excluding diaryl/α,β-unsaturated/α-hetero) is 1. The first-order valence-corrected chi connectivity index (χ1v) is 5.75. The smallest absolute Gasteiger partial charge is 0.229 e. The summed E-state index contributed by atoms with van der Waals surface area (Å²) >= 11 is 0.